The van der Waals surface area contributed by atoms with Crippen molar-refractivity contribution in [2.75, 3.05) is 6.54 Å². The van der Waals surface area contributed by atoms with Gasteiger partial charge in [0, 0.05) is 11.1 Å². The predicted molar refractivity (Wildman–Crippen MR) is 79.3 cm³/mol. The molecule has 0 unspecified atom stereocenters. The highest BCUT2D eigenvalue weighted by molar-refractivity contribution is 6.30. The number of hydrogen-bond acceptors (Lipinski definition) is 1. The third-order valence-electron chi connectivity index (χ3n) is 3.87. The molecular formula is C16H24ClN. The fourth-order valence-electron chi connectivity index (χ4n) is 2.61. The van der Waals surface area contributed by atoms with Gasteiger partial charge in [-0.1, -0.05) is 37.6 Å². The molecule has 0 saturated heterocycles. The van der Waals surface area contributed by atoms with Gasteiger partial charge in [0.1, 0.15) is 0 Å². The van der Waals surface area contributed by atoms with Gasteiger partial charge in [0.25, 0.3) is 0 Å². The van der Waals surface area contributed by atoms with Gasteiger partial charge in [0.2, 0.25) is 0 Å². The summed E-state index contributed by atoms with van der Waals surface area (Å²) in [6, 6.07) is 9.07. The summed E-state index contributed by atoms with van der Waals surface area (Å²) in [7, 11) is 0. The Balaban J connectivity index is 1.63. The van der Waals surface area contributed by atoms with Crippen LogP contribution in [0.15, 0.2) is 24.3 Å². The van der Waals surface area contributed by atoms with Crippen molar-refractivity contribution in [1.29, 1.82) is 0 Å². The summed E-state index contributed by atoms with van der Waals surface area (Å²) < 4.78 is 0. The summed E-state index contributed by atoms with van der Waals surface area (Å²) in [4.78, 5) is 0. The van der Waals surface area contributed by atoms with E-state index in [0.717, 1.165) is 22.9 Å². The molecule has 0 heterocycles. The van der Waals surface area contributed by atoms with Crippen molar-refractivity contribution in [2.45, 2.75) is 51.5 Å². The molecule has 1 aromatic carbocycles. The second-order valence-electron chi connectivity index (χ2n) is 5.91. The van der Waals surface area contributed by atoms with Gasteiger partial charge >= 0.3 is 0 Å². The van der Waals surface area contributed by atoms with Crippen LogP contribution in [0.5, 0.6) is 0 Å². The van der Waals surface area contributed by atoms with Crippen LogP contribution in [0.25, 0.3) is 0 Å². The molecule has 0 aromatic heterocycles. The van der Waals surface area contributed by atoms with E-state index in [0.29, 0.717) is 0 Å². The van der Waals surface area contributed by atoms with Crippen molar-refractivity contribution in [3.63, 3.8) is 0 Å². The maximum atomic E-state index is 5.90. The summed E-state index contributed by atoms with van der Waals surface area (Å²) in [5.41, 5.74) is 1.44. The number of halogens is 1. The molecule has 0 atom stereocenters. The monoisotopic (exact) mass is 265 g/mol. The van der Waals surface area contributed by atoms with Crippen molar-refractivity contribution in [3.05, 3.63) is 34.9 Å². The lowest BCUT2D eigenvalue weighted by Gasteiger charge is -2.36. The Morgan fingerprint density at radius 1 is 1.22 bits per heavy atom. The highest BCUT2D eigenvalue weighted by atomic mass is 35.5. The molecule has 18 heavy (non-hydrogen) atoms. The highest BCUT2D eigenvalue weighted by Crippen LogP contribution is 2.37. The molecule has 2 heteroatoms. The minimum absolute atomic E-state index is 0.734. The summed E-state index contributed by atoms with van der Waals surface area (Å²) in [5.74, 6) is 1.57. The first kappa shape index (κ1) is 13.9. The van der Waals surface area contributed by atoms with Gasteiger partial charge in [0.15, 0.2) is 0 Å². The molecule has 1 aliphatic rings. The van der Waals surface area contributed by atoms with E-state index in [2.05, 4.69) is 31.3 Å². The molecule has 0 radical (unpaired) electrons. The minimum atomic E-state index is 0.734. The fourth-order valence-corrected chi connectivity index (χ4v) is 2.73. The minimum Gasteiger partial charge on any atom is -0.314 e. The lowest BCUT2D eigenvalue weighted by atomic mass is 9.76. The molecule has 1 nitrogen and oxygen atoms in total. The average Bonchev–Trinajstić information content (AvgIpc) is 2.28. The van der Waals surface area contributed by atoms with Crippen LogP contribution < -0.4 is 5.32 Å². The first-order chi connectivity index (χ1) is 8.65. The molecule has 1 aromatic rings. The second kappa shape index (κ2) is 6.58. The molecule has 1 fully saturated rings. The van der Waals surface area contributed by atoms with Crippen LogP contribution in [0.4, 0.5) is 0 Å². The first-order valence-corrected chi connectivity index (χ1v) is 7.52. The Labute approximate surface area is 116 Å². The lowest BCUT2D eigenvalue weighted by molar-refractivity contribution is 0.288. The molecule has 1 aliphatic carbocycles. The third kappa shape index (κ3) is 4.00. The molecule has 100 valence electrons. The van der Waals surface area contributed by atoms with E-state index in [1.807, 2.05) is 12.1 Å². The van der Waals surface area contributed by atoms with E-state index in [-0.39, 0.29) is 0 Å². The zero-order valence-corrected chi connectivity index (χ0v) is 12.2. The van der Waals surface area contributed by atoms with Gasteiger partial charge in [-0.25, -0.2) is 0 Å². The van der Waals surface area contributed by atoms with Gasteiger partial charge < -0.3 is 5.32 Å². The Morgan fingerprint density at radius 2 is 1.89 bits per heavy atom. The number of rotatable bonds is 6. The Morgan fingerprint density at radius 3 is 2.50 bits per heavy atom. The van der Waals surface area contributed by atoms with Crippen molar-refractivity contribution in [1.82, 2.24) is 5.32 Å². The lowest BCUT2D eigenvalue weighted by Crippen LogP contribution is -2.40. The van der Waals surface area contributed by atoms with E-state index in [1.54, 1.807) is 0 Å². The summed E-state index contributed by atoms with van der Waals surface area (Å²) >= 11 is 5.90. The molecule has 0 aliphatic heterocycles. The molecule has 0 amide bonds. The van der Waals surface area contributed by atoms with E-state index in [4.69, 9.17) is 11.6 Å². The summed E-state index contributed by atoms with van der Waals surface area (Å²) in [5, 5.41) is 4.49. The quantitative estimate of drug-likeness (QED) is 0.741. The zero-order valence-electron chi connectivity index (χ0n) is 11.5. The van der Waals surface area contributed by atoms with Crippen LogP contribution in [0.1, 0.15) is 51.0 Å². The Hall–Kier alpha value is -0.530. The van der Waals surface area contributed by atoms with Crippen LogP contribution >= 0.6 is 11.6 Å². The zero-order chi connectivity index (χ0) is 13.0. The van der Waals surface area contributed by atoms with Crippen molar-refractivity contribution < 1.29 is 0 Å². The number of benzene rings is 1. The van der Waals surface area contributed by atoms with Crippen LogP contribution in [0, 0.1) is 5.92 Å². The van der Waals surface area contributed by atoms with Gasteiger partial charge in [-0.05, 0) is 61.8 Å². The SMILES string of the molecule is CC(C)CCCNC1CC(c2ccc(Cl)cc2)C1. The van der Waals surface area contributed by atoms with Gasteiger partial charge in [-0.2, -0.15) is 0 Å². The first-order valence-electron chi connectivity index (χ1n) is 7.14. The Bertz CT molecular complexity index is 352. The van der Waals surface area contributed by atoms with Gasteiger partial charge in [-0.3, -0.25) is 0 Å². The van der Waals surface area contributed by atoms with Crippen molar-refractivity contribution >= 4 is 11.6 Å². The molecule has 0 spiro atoms. The van der Waals surface area contributed by atoms with Crippen molar-refractivity contribution in [2.24, 2.45) is 5.92 Å². The fraction of sp³-hybridized carbons (Fsp3) is 0.625. The van der Waals surface area contributed by atoms with E-state index in [1.165, 1.54) is 37.8 Å². The largest absolute Gasteiger partial charge is 0.314 e. The summed E-state index contributed by atoms with van der Waals surface area (Å²) in [6.45, 7) is 5.76. The van der Waals surface area contributed by atoms with Gasteiger partial charge in [0.05, 0.1) is 0 Å². The van der Waals surface area contributed by atoms with E-state index >= 15 is 0 Å². The second-order valence-corrected chi connectivity index (χ2v) is 6.34. The van der Waals surface area contributed by atoms with Crippen molar-refractivity contribution in [3.8, 4) is 0 Å². The topological polar surface area (TPSA) is 12.0 Å². The standard InChI is InChI=1S/C16H24ClN/c1-12(2)4-3-9-18-16-10-14(11-16)13-5-7-15(17)8-6-13/h5-8,12,14,16,18H,3-4,9-11H2,1-2H3. The van der Waals surface area contributed by atoms with E-state index < -0.39 is 0 Å². The molecule has 2 rings (SSSR count). The Kier molecular flexibility index (Phi) is 5.08. The highest BCUT2D eigenvalue weighted by Gasteiger charge is 2.29. The maximum absolute atomic E-state index is 5.90. The third-order valence-corrected chi connectivity index (χ3v) is 4.12. The molecule has 0 bridgehead atoms. The number of hydrogen-bond donors (Lipinski definition) is 1. The van der Waals surface area contributed by atoms with Crippen LogP contribution in [0.3, 0.4) is 0 Å². The smallest absolute Gasteiger partial charge is 0.0406 e. The van der Waals surface area contributed by atoms with E-state index in [9.17, 15) is 0 Å². The summed E-state index contributed by atoms with van der Waals surface area (Å²) in [6.07, 6.45) is 5.20. The molecule has 1 N–H and O–H groups in total. The normalized spacial score (nSPS) is 23.1. The maximum Gasteiger partial charge on any atom is 0.0406 e. The molecule has 1 saturated carbocycles. The van der Waals surface area contributed by atoms with Gasteiger partial charge in [-0.15, -0.1) is 0 Å². The predicted octanol–water partition coefficient (Wildman–Crippen LogP) is 4.61. The average molecular weight is 266 g/mol. The van der Waals surface area contributed by atoms with Crippen LogP contribution in [-0.2, 0) is 0 Å². The molecular weight excluding hydrogens is 242 g/mol. The van der Waals surface area contributed by atoms with Crippen LogP contribution in [0.2, 0.25) is 5.02 Å². The van der Waals surface area contributed by atoms with Crippen LogP contribution in [-0.4, -0.2) is 12.6 Å². The number of nitrogens with one attached hydrogen (secondary N) is 1.